The number of carbonyl (C=O) groups is 2. The third kappa shape index (κ3) is 6.62. The van der Waals surface area contributed by atoms with Gasteiger partial charge in [0.25, 0.3) is 0 Å². The molecular weight excluding hydrogens is 588 g/mol. The molecule has 2 heterocycles. The molecule has 1 aromatic heterocycles. The van der Waals surface area contributed by atoms with Crippen molar-refractivity contribution in [3.63, 3.8) is 0 Å². The van der Waals surface area contributed by atoms with Crippen LogP contribution in [0, 0.1) is 5.92 Å². The summed E-state index contributed by atoms with van der Waals surface area (Å²) >= 11 is 6.28. The van der Waals surface area contributed by atoms with E-state index in [0.717, 1.165) is 73.4 Å². The van der Waals surface area contributed by atoms with Crippen LogP contribution in [-0.2, 0) is 11.2 Å². The number of urea groups is 1. The maximum Gasteiger partial charge on any atom is 0.317 e. The van der Waals surface area contributed by atoms with Crippen molar-refractivity contribution < 1.29 is 19.1 Å². The highest BCUT2D eigenvalue weighted by Crippen LogP contribution is 2.48. The number of carbonyl (C=O) groups excluding carboxylic acids is 2. The lowest BCUT2D eigenvalue weighted by atomic mass is 9.68. The zero-order valence-corrected chi connectivity index (χ0v) is 27.3. The van der Waals surface area contributed by atoms with Gasteiger partial charge in [0.05, 0.1) is 19.1 Å². The van der Waals surface area contributed by atoms with E-state index < -0.39 is 5.92 Å². The Balaban J connectivity index is 1.23. The molecule has 2 fully saturated rings. The smallest absolute Gasteiger partial charge is 0.317 e. The Hall–Kier alpha value is -3.78. The molecule has 1 saturated carbocycles. The van der Waals surface area contributed by atoms with E-state index in [1.54, 1.807) is 7.11 Å². The molecule has 0 bridgehead atoms. The number of amides is 2. The number of pyridine rings is 1. The summed E-state index contributed by atoms with van der Waals surface area (Å²) in [5, 5.41) is 3.58. The van der Waals surface area contributed by atoms with E-state index in [-0.39, 0.29) is 23.8 Å². The van der Waals surface area contributed by atoms with Gasteiger partial charge in [0.1, 0.15) is 11.6 Å². The molecule has 1 N–H and O–H groups in total. The van der Waals surface area contributed by atoms with Crippen molar-refractivity contribution in [1.82, 2.24) is 15.2 Å². The minimum atomic E-state index is -0.399. The number of ketones is 1. The summed E-state index contributed by atoms with van der Waals surface area (Å²) in [6.45, 7) is 6.47. The molecule has 3 aromatic rings. The molecule has 2 aromatic carbocycles. The van der Waals surface area contributed by atoms with Crippen LogP contribution in [0.25, 0.3) is 0 Å². The highest BCUT2D eigenvalue weighted by molar-refractivity contribution is 6.30. The molecule has 2 aliphatic carbocycles. The van der Waals surface area contributed by atoms with Gasteiger partial charge in [0.15, 0.2) is 11.5 Å². The average molecular weight is 631 g/mol. The normalized spacial score (nSPS) is 23.1. The Morgan fingerprint density at radius 1 is 1.00 bits per heavy atom. The maximum atomic E-state index is 13.9. The molecule has 238 valence electrons. The molecule has 2 amide bonds. The number of hydrogen-bond donors (Lipinski definition) is 1. The second-order valence-electron chi connectivity index (χ2n) is 12.9. The van der Waals surface area contributed by atoms with Crippen LogP contribution in [0.4, 0.5) is 10.6 Å². The summed E-state index contributed by atoms with van der Waals surface area (Å²) in [6.07, 6.45) is 6.46. The Kier molecular flexibility index (Phi) is 9.22. The third-order valence-electron chi connectivity index (χ3n) is 9.60. The van der Waals surface area contributed by atoms with Crippen LogP contribution in [0.1, 0.15) is 73.6 Å². The van der Waals surface area contributed by atoms with E-state index in [4.69, 9.17) is 26.1 Å². The Morgan fingerprint density at radius 2 is 1.73 bits per heavy atom. The predicted molar refractivity (Wildman–Crippen MR) is 177 cm³/mol. The molecule has 45 heavy (non-hydrogen) atoms. The van der Waals surface area contributed by atoms with Crippen LogP contribution in [0.15, 0.2) is 54.7 Å². The fourth-order valence-electron chi connectivity index (χ4n) is 7.41. The molecule has 0 spiro atoms. The standard InChI is InChI=1S/C36H43ClN4O4/c1-22(2)45-32-19-29-26(18-31(32)44-4)17-30(42)35(34(29)24-7-10-27(37)11-8-24)25-9-14-33(39-20-25)40(3)21-23-5-12-28(13-6-23)41-16-15-38-36(41)43/h7-11,14,18-20,22-23,28,34-35H,5-6,12-13,15-17,21H2,1-4H3,(H,38,43)/t23?,28?,34-,35?/m0/s1. The lowest BCUT2D eigenvalue weighted by molar-refractivity contribution is -0.120. The first-order valence-corrected chi connectivity index (χ1v) is 16.5. The SMILES string of the molecule is COc1cc2c(cc1OC(C)C)[C@H](c1ccc(Cl)cc1)C(c1ccc(N(C)CC3CCC(N4CCNC4=O)CC3)nc1)C(=O)C2. The van der Waals surface area contributed by atoms with Gasteiger partial charge in [-0.3, -0.25) is 4.79 Å². The topological polar surface area (TPSA) is 84.0 Å². The number of hydrogen-bond acceptors (Lipinski definition) is 6. The molecular formula is C36H43ClN4O4. The van der Waals surface area contributed by atoms with E-state index in [1.807, 2.05) is 67.4 Å². The summed E-state index contributed by atoms with van der Waals surface area (Å²) in [5.41, 5.74) is 3.92. The molecule has 0 radical (unpaired) electrons. The summed E-state index contributed by atoms with van der Waals surface area (Å²) < 4.78 is 11.8. The number of benzene rings is 2. The zero-order valence-electron chi connectivity index (χ0n) is 26.6. The minimum absolute atomic E-state index is 0.0256. The molecule has 9 heteroatoms. The van der Waals surface area contributed by atoms with Crippen LogP contribution in [0.3, 0.4) is 0 Å². The Morgan fingerprint density at radius 3 is 2.36 bits per heavy atom. The van der Waals surface area contributed by atoms with Crippen LogP contribution >= 0.6 is 11.6 Å². The number of fused-ring (bicyclic) bond motifs is 1. The van der Waals surface area contributed by atoms with E-state index in [9.17, 15) is 9.59 Å². The van der Waals surface area contributed by atoms with Gasteiger partial charge < -0.3 is 24.6 Å². The number of ether oxygens (including phenoxy) is 2. The number of anilines is 1. The number of nitrogens with zero attached hydrogens (tertiary/aromatic N) is 3. The first-order chi connectivity index (χ1) is 21.7. The monoisotopic (exact) mass is 630 g/mol. The van der Waals surface area contributed by atoms with Crippen molar-refractivity contribution in [3.8, 4) is 11.5 Å². The molecule has 1 aliphatic heterocycles. The highest BCUT2D eigenvalue weighted by Gasteiger charge is 2.39. The van der Waals surface area contributed by atoms with E-state index in [2.05, 4.69) is 23.3 Å². The van der Waals surface area contributed by atoms with Crippen LogP contribution < -0.4 is 19.7 Å². The van der Waals surface area contributed by atoms with E-state index >= 15 is 0 Å². The maximum absolute atomic E-state index is 13.9. The first kappa shape index (κ1) is 31.2. The number of Topliss-reactive ketones (excluding diaryl/α,β-unsaturated/α-hetero) is 1. The lowest BCUT2D eigenvalue weighted by Crippen LogP contribution is -2.41. The Bertz CT molecular complexity index is 1520. The number of methoxy groups -OCH3 is 1. The van der Waals surface area contributed by atoms with E-state index in [0.29, 0.717) is 34.9 Å². The van der Waals surface area contributed by atoms with Crippen LogP contribution in [-0.4, -0.2) is 67.6 Å². The fourth-order valence-corrected chi connectivity index (χ4v) is 7.54. The van der Waals surface area contributed by atoms with Gasteiger partial charge >= 0.3 is 6.03 Å². The molecule has 6 rings (SSSR count). The van der Waals surface area contributed by atoms with Gasteiger partial charge in [0, 0.05) is 56.3 Å². The zero-order chi connectivity index (χ0) is 31.7. The van der Waals surface area contributed by atoms with Crippen molar-refractivity contribution in [2.45, 2.75) is 69.9 Å². The molecule has 8 nitrogen and oxygen atoms in total. The third-order valence-corrected chi connectivity index (χ3v) is 9.85. The van der Waals surface area contributed by atoms with Gasteiger partial charge in [-0.05, 0) is 98.0 Å². The van der Waals surface area contributed by atoms with Crippen molar-refractivity contribution in [2.75, 3.05) is 38.7 Å². The summed E-state index contributed by atoms with van der Waals surface area (Å²) in [4.78, 5) is 35.1. The van der Waals surface area contributed by atoms with Crippen molar-refractivity contribution in [1.29, 1.82) is 0 Å². The Labute approximate surface area is 271 Å². The van der Waals surface area contributed by atoms with Gasteiger partial charge in [-0.2, -0.15) is 0 Å². The van der Waals surface area contributed by atoms with Crippen molar-refractivity contribution in [3.05, 3.63) is 82.0 Å². The molecule has 1 saturated heterocycles. The highest BCUT2D eigenvalue weighted by atomic mass is 35.5. The number of rotatable bonds is 9. The number of halogens is 1. The summed E-state index contributed by atoms with van der Waals surface area (Å²) in [7, 11) is 3.72. The largest absolute Gasteiger partial charge is 0.493 e. The second kappa shape index (κ2) is 13.3. The summed E-state index contributed by atoms with van der Waals surface area (Å²) in [5.74, 6) is 2.28. The quantitative estimate of drug-likeness (QED) is 0.287. The lowest BCUT2D eigenvalue weighted by Gasteiger charge is -2.36. The van der Waals surface area contributed by atoms with Crippen molar-refractivity contribution >= 4 is 29.2 Å². The fraction of sp³-hybridized carbons (Fsp3) is 0.472. The minimum Gasteiger partial charge on any atom is -0.493 e. The number of nitrogens with one attached hydrogen (secondary N) is 1. The first-order valence-electron chi connectivity index (χ1n) is 16.1. The second-order valence-corrected chi connectivity index (χ2v) is 13.4. The van der Waals surface area contributed by atoms with Gasteiger partial charge in [-0.15, -0.1) is 0 Å². The van der Waals surface area contributed by atoms with Gasteiger partial charge in [-0.1, -0.05) is 29.8 Å². The van der Waals surface area contributed by atoms with Gasteiger partial charge in [0.2, 0.25) is 0 Å². The van der Waals surface area contributed by atoms with E-state index in [1.165, 1.54) is 0 Å². The van der Waals surface area contributed by atoms with Gasteiger partial charge in [-0.25, -0.2) is 9.78 Å². The van der Waals surface area contributed by atoms with Crippen LogP contribution in [0.2, 0.25) is 5.02 Å². The summed E-state index contributed by atoms with van der Waals surface area (Å²) in [6, 6.07) is 16.3. The molecule has 3 aliphatic rings. The van der Waals surface area contributed by atoms with Crippen molar-refractivity contribution in [2.24, 2.45) is 5.92 Å². The number of aromatic nitrogens is 1. The van der Waals surface area contributed by atoms with Crippen LogP contribution in [0.5, 0.6) is 11.5 Å². The predicted octanol–water partition coefficient (Wildman–Crippen LogP) is 6.59. The molecule has 2 atom stereocenters. The average Bonchev–Trinajstić information content (AvgIpc) is 3.46. The molecule has 1 unspecified atom stereocenters.